The monoisotopic (exact) mass is 414 g/mol. The number of thiazole rings is 1. The van der Waals surface area contributed by atoms with Crippen molar-refractivity contribution in [1.29, 1.82) is 0 Å². The maximum atomic E-state index is 13.1. The molecule has 1 atom stereocenters. The topological polar surface area (TPSA) is 111 Å². The molecule has 0 saturated carbocycles. The molecule has 148 valence electrons. The minimum Gasteiger partial charge on any atom is -0.365 e. The third-order valence-electron chi connectivity index (χ3n) is 3.36. The highest BCUT2D eigenvalue weighted by Crippen LogP contribution is 2.28. The van der Waals surface area contributed by atoms with E-state index in [-0.39, 0.29) is 10.9 Å². The average molecular weight is 415 g/mol. The number of rotatable bonds is 3. The number of nitrogens with two attached hydrogens (primary N) is 2. The van der Waals surface area contributed by atoms with E-state index in [0.717, 1.165) is 37.1 Å². The highest BCUT2D eigenvalue weighted by Gasteiger charge is 2.14. The van der Waals surface area contributed by atoms with Crippen molar-refractivity contribution < 1.29 is 14.0 Å². The minimum atomic E-state index is -0.550. The highest BCUT2D eigenvalue weighted by atomic mass is 35.5. The summed E-state index contributed by atoms with van der Waals surface area (Å²) < 4.78 is 13.1. The summed E-state index contributed by atoms with van der Waals surface area (Å²) in [6, 6.07) is 4.50. The van der Waals surface area contributed by atoms with Gasteiger partial charge in [-0.15, -0.1) is 11.3 Å². The zero-order valence-corrected chi connectivity index (χ0v) is 16.9. The van der Waals surface area contributed by atoms with E-state index in [4.69, 9.17) is 23.1 Å². The first-order valence-corrected chi connectivity index (χ1v) is 9.67. The second-order valence-corrected chi connectivity index (χ2v) is 7.32. The first-order chi connectivity index (χ1) is 12.8. The van der Waals surface area contributed by atoms with Gasteiger partial charge in [0.1, 0.15) is 15.7 Å². The lowest BCUT2D eigenvalue weighted by atomic mass is 10.2. The van der Waals surface area contributed by atoms with Crippen molar-refractivity contribution in [2.75, 3.05) is 6.54 Å². The summed E-state index contributed by atoms with van der Waals surface area (Å²) in [4.78, 5) is 25.5. The van der Waals surface area contributed by atoms with Crippen LogP contribution in [0.1, 0.15) is 42.8 Å². The van der Waals surface area contributed by atoms with Gasteiger partial charge in [-0.2, -0.15) is 0 Å². The molecule has 1 aliphatic rings. The number of nitrogens with one attached hydrogen (secondary N) is 1. The van der Waals surface area contributed by atoms with Crippen LogP contribution in [0.2, 0.25) is 5.02 Å². The maximum Gasteiger partial charge on any atom is 0.260 e. The lowest BCUT2D eigenvalue weighted by molar-refractivity contribution is -0.119. The number of aromatic nitrogens is 1. The van der Waals surface area contributed by atoms with Crippen LogP contribution in [-0.4, -0.2) is 29.4 Å². The molecule has 9 heteroatoms. The van der Waals surface area contributed by atoms with Crippen LogP contribution in [0.3, 0.4) is 0 Å². The largest absolute Gasteiger partial charge is 0.365 e. The summed E-state index contributed by atoms with van der Waals surface area (Å²) in [6.07, 6.45) is 4.20. The predicted molar refractivity (Wildman–Crippen MR) is 107 cm³/mol. The number of hydrogen-bond acceptors (Lipinski definition) is 5. The lowest BCUT2D eigenvalue weighted by Gasteiger charge is -1.97. The van der Waals surface area contributed by atoms with Gasteiger partial charge in [0.15, 0.2) is 0 Å². The summed E-state index contributed by atoms with van der Waals surface area (Å²) in [5.74, 6) is -0.794. The van der Waals surface area contributed by atoms with Gasteiger partial charge in [-0.3, -0.25) is 9.59 Å². The molecule has 27 heavy (non-hydrogen) atoms. The first-order valence-electron chi connectivity index (χ1n) is 8.48. The molecule has 1 aliphatic heterocycles. The van der Waals surface area contributed by atoms with Crippen LogP contribution in [0.25, 0.3) is 10.6 Å². The Morgan fingerprint density at radius 1 is 1.44 bits per heavy atom. The Bertz CT molecular complexity index is 747. The molecule has 5 N–H and O–H groups in total. The van der Waals surface area contributed by atoms with Crippen molar-refractivity contribution in [3.05, 3.63) is 40.1 Å². The number of carbonyl (C=O) groups excluding carboxylic acids is 2. The Balaban J connectivity index is 0.000000273. The van der Waals surface area contributed by atoms with Crippen molar-refractivity contribution in [3.8, 4) is 10.6 Å². The molecule has 1 aromatic carbocycles. The fourth-order valence-corrected chi connectivity index (χ4v) is 2.94. The Morgan fingerprint density at radius 3 is 2.48 bits per heavy atom. The fourth-order valence-electron chi connectivity index (χ4n) is 1.97. The first kappa shape index (κ1) is 23.0. The van der Waals surface area contributed by atoms with Crippen LogP contribution in [0.15, 0.2) is 24.4 Å². The van der Waals surface area contributed by atoms with Crippen LogP contribution in [0, 0.1) is 5.82 Å². The van der Waals surface area contributed by atoms with Gasteiger partial charge in [-0.1, -0.05) is 18.5 Å². The van der Waals surface area contributed by atoms with Crippen molar-refractivity contribution in [3.63, 3.8) is 0 Å². The average Bonchev–Trinajstić information content (AvgIpc) is 3.24. The molecule has 0 spiro atoms. The van der Waals surface area contributed by atoms with Gasteiger partial charge in [0.05, 0.1) is 6.20 Å². The molecule has 2 aromatic rings. The van der Waals surface area contributed by atoms with Gasteiger partial charge in [0.2, 0.25) is 5.91 Å². The lowest BCUT2D eigenvalue weighted by Crippen LogP contribution is -2.21. The molecule has 3 rings (SSSR count). The van der Waals surface area contributed by atoms with Gasteiger partial charge in [0.25, 0.3) is 5.91 Å². The second-order valence-electron chi connectivity index (χ2n) is 5.85. The summed E-state index contributed by atoms with van der Waals surface area (Å²) in [6.45, 7) is 4.89. The normalized spacial score (nSPS) is 15.1. The van der Waals surface area contributed by atoms with Gasteiger partial charge in [-0.25, -0.2) is 9.37 Å². The van der Waals surface area contributed by atoms with Gasteiger partial charge >= 0.3 is 0 Å². The molecule has 0 aliphatic carbocycles. The quantitative estimate of drug-likeness (QED) is 0.715. The standard InChI is InChI=1S/C10H6ClFN2OS.C5H9NO.C3H9N/c11-6-1-5(2-7(12)3-6)10-14-4-8(16-10)9(13)15;1-4-2-3-5(7)6-4;1-2-3-4/h1-4H,(H2,13,15);4H,2-3H2,1H3,(H,6,7);2-4H2,1H3. The van der Waals surface area contributed by atoms with E-state index < -0.39 is 11.7 Å². The zero-order chi connectivity index (χ0) is 20.4. The van der Waals surface area contributed by atoms with Crippen molar-refractivity contribution in [2.45, 2.75) is 39.2 Å². The SMILES string of the molecule is CC1CCC(=O)N1.CCCN.NC(=O)c1cnc(-c2cc(F)cc(Cl)c2)s1. The number of primary amides is 1. The van der Waals surface area contributed by atoms with E-state index in [0.29, 0.717) is 21.5 Å². The summed E-state index contributed by atoms with van der Waals surface area (Å²) in [5, 5.41) is 3.57. The molecule has 0 radical (unpaired) electrons. The van der Waals surface area contributed by atoms with Crippen LogP contribution < -0.4 is 16.8 Å². The molecular weight excluding hydrogens is 391 g/mol. The number of hydrogen-bond donors (Lipinski definition) is 3. The molecule has 1 saturated heterocycles. The van der Waals surface area contributed by atoms with E-state index in [9.17, 15) is 14.0 Å². The zero-order valence-electron chi connectivity index (χ0n) is 15.3. The molecule has 1 aromatic heterocycles. The Labute approximate surface area is 167 Å². The Morgan fingerprint density at radius 2 is 2.11 bits per heavy atom. The van der Waals surface area contributed by atoms with Gasteiger partial charge in [0, 0.05) is 23.0 Å². The Kier molecular flexibility index (Phi) is 9.92. The van der Waals surface area contributed by atoms with E-state index >= 15 is 0 Å². The third-order valence-corrected chi connectivity index (χ3v) is 4.64. The number of nitrogens with zero attached hydrogens (tertiary/aromatic N) is 1. The molecule has 2 amide bonds. The van der Waals surface area contributed by atoms with E-state index in [1.165, 1.54) is 18.3 Å². The Hall–Kier alpha value is -2.03. The maximum absolute atomic E-state index is 13.1. The molecule has 1 unspecified atom stereocenters. The van der Waals surface area contributed by atoms with Crippen LogP contribution in [0.4, 0.5) is 4.39 Å². The molecule has 0 bridgehead atoms. The minimum absolute atomic E-state index is 0.201. The predicted octanol–water partition coefficient (Wildman–Crippen LogP) is 3.34. The molecular formula is C18H24ClFN4O2S. The fraction of sp³-hybridized carbons (Fsp3) is 0.389. The van der Waals surface area contributed by atoms with E-state index in [1.807, 2.05) is 6.92 Å². The summed E-state index contributed by atoms with van der Waals surface area (Å²) >= 11 is 6.82. The second kappa shape index (κ2) is 11.6. The van der Waals surface area contributed by atoms with Crippen molar-refractivity contribution in [2.24, 2.45) is 11.5 Å². The van der Waals surface area contributed by atoms with E-state index in [2.05, 4.69) is 17.2 Å². The molecule has 2 heterocycles. The van der Waals surface area contributed by atoms with Crippen LogP contribution >= 0.6 is 22.9 Å². The smallest absolute Gasteiger partial charge is 0.260 e. The highest BCUT2D eigenvalue weighted by molar-refractivity contribution is 7.16. The summed E-state index contributed by atoms with van der Waals surface area (Å²) in [7, 11) is 0. The number of benzene rings is 1. The van der Waals surface area contributed by atoms with Crippen molar-refractivity contribution in [1.82, 2.24) is 10.3 Å². The van der Waals surface area contributed by atoms with Crippen molar-refractivity contribution >= 4 is 34.8 Å². The molecule has 6 nitrogen and oxygen atoms in total. The van der Waals surface area contributed by atoms with Crippen LogP contribution in [0.5, 0.6) is 0 Å². The number of amides is 2. The van der Waals surface area contributed by atoms with E-state index in [1.54, 1.807) is 6.07 Å². The van der Waals surface area contributed by atoms with Gasteiger partial charge < -0.3 is 16.8 Å². The number of halogens is 2. The van der Waals surface area contributed by atoms with Gasteiger partial charge in [-0.05, 0) is 44.5 Å². The summed E-state index contributed by atoms with van der Waals surface area (Å²) in [5.41, 5.74) is 10.7. The number of carbonyl (C=O) groups is 2. The molecule has 1 fully saturated rings. The third kappa shape index (κ3) is 8.47. The van der Waals surface area contributed by atoms with Crippen LogP contribution in [-0.2, 0) is 4.79 Å².